The molecule has 1 saturated carbocycles. The van der Waals surface area contributed by atoms with Crippen LogP contribution in [0.3, 0.4) is 0 Å². The summed E-state index contributed by atoms with van der Waals surface area (Å²) in [5.41, 5.74) is 0. The van der Waals surface area contributed by atoms with E-state index >= 15 is 0 Å². The van der Waals surface area contributed by atoms with Crippen LogP contribution in [0.2, 0.25) is 0 Å². The number of nitrogens with one attached hydrogen (secondary N) is 1. The maximum absolute atomic E-state index is 11.7. The van der Waals surface area contributed by atoms with Crippen molar-refractivity contribution < 1.29 is 14.4 Å². The van der Waals surface area contributed by atoms with Gasteiger partial charge in [-0.25, -0.2) is 0 Å². The van der Waals surface area contributed by atoms with Crippen LogP contribution in [0, 0.1) is 6.92 Å². The van der Waals surface area contributed by atoms with E-state index in [9.17, 15) is 9.90 Å². The summed E-state index contributed by atoms with van der Waals surface area (Å²) >= 11 is 0. The Labute approximate surface area is 106 Å². The van der Waals surface area contributed by atoms with Crippen molar-refractivity contribution in [2.75, 3.05) is 0 Å². The molecule has 18 heavy (non-hydrogen) atoms. The summed E-state index contributed by atoms with van der Waals surface area (Å²) in [5, 5.41) is 16.3. The molecule has 0 spiro atoms. The van der Waals surface area contributed by atoms with E-state index in [-0.39, 0.29) is 11.9 Å². The van der Waals surface area contributed by atoms with Crippen LogP contribution in [0.15, 0.2) is 4.52 Å². The normalized spacial score (nSPS) is 23.9. The second kappa shape index (κ2) is 5.95. The van der Waals surface area contributed by atoms with E-state index in [1.807, 2.05) is 0 Å². The Morgan fingerprint density at radius 2 is 2.28 bits per heavy atom. The number of aliphatic hydroxyl groups is 1. The molecule has 0 radical (unpaired) electrons. The molecular weight excluding hydrogens is 234 g/mol. The van der Waals surface area contributed by atoms with Gasteiger partial charge in [-0.3, -0.25) is 4.79 Å². The molecule has 0 aliphatic heterocycles. The minimum absolute atomic E-state index is 0.0724. The van der Waals surface area contributed by atoms with Crippen molar-refractivity contribution in [3.05, 3.63) is 11.7 Å². The number of aliphatic hydroxyl groups excluding tert-OH is 1. The molecule has 1 aromatic rings. The highest BCUT2D eigenvalue weighted by molar-refractivity contribution is 5.76. The lowest BCUT2D eigenvalue weighted by molar-refractivity contribution is -0.123. The fourth-order valence-corrected chi connectivity index (χ4v) is 2.22. The van der Waals surface area contributed by atoms with Gasteiger partial charge < -0.3 is 14.9 Å². The number of carbonyl (C=O) groups is 1. The van der Waals surface area contributed by atoms with Crippen LogP contribution in [0.4, 0.5) is 0 Å². The molecular formula is C12H19N3O3. The number of hydrogen-bond acceptors (Lipinski definition) is 5. The largest absolute Gasteiger partial charge is 0.391 e. The third-order valence-corrected chi connectivity index (χ3v) is 3.21. The summed E-state index contributed by atoms with van der Waals surface area (Å²) in [6, 6.07) is -0.101. The summed E-state index contributed by atoms with van der Waals surface area (Å²) in [7, 11) is 0. The topological polar surface area (TPSA) is 88.2 Å². The Bertz CT molecular complexity index is 405. The lowest BCUT2D eigenvalue weighted by atomic mass is 9.92. The number of amides is 1. The van der Waals surface area contributed by atoms with Gasteiger partial charge in [-0.05, 0) is 19.8 Å². The first kappa shape index (κ1) is 13.0. The molecule has 1 aromatic heterocycles. The van der Waals surface area contributed by atoms with Crippen LogP contribution in [0.5, 0.6) is 0 Å². The molecule has 0 saturated heterocycles. The van der Waals surface area contributed by atoms with E-state index in [2.05, 4.69) is 15.5 Å². The van der Waals surface area contributed by atoms with Gasteiger partial charge in [-0.2, -0.15) is 4.98 Å². The molecule has 6 nitrogen and oxygen atoms in total. The number of hydrogen-bond donors (Lipinski definition) is 2. The summed E-state index contributed by atoms with van der Waals surface area (Å²) < 4.78 is 4.94. The minimum atomic E-state index is -0.409. The van der Waals surface area contributed by atoms with Crippen molar-refractivity contribution in [3.63, 3.8) is 0 Å². The molecule has 1 fully saturated rings. The van der Waals surface area contributed by atoms with E-state index in [1.165, 1.54) is 0 Å². The van der Waals surface area contributed by atoms with E-state index in [1.54, 1.807) is 6.92 Å². The molecule has 2 atom stereocenters. The molecule has 1 heterocycles. The zero-order chi connectivity index (χ0) is 13.0. The fourth-order valence-electron chi connectivity index (χ4n) is 2.22. The quantitative estimate of drug-likeness (QED) is 0.825. The molecule has 0 aromatic carbocycles. The molecule has 2 rings (SSSR count). The van der Waals surface area contributed by atoms with Gasteiger partial charge in [0, 0.05) is 12.8 Å². The Morgan fingerprint density at radius 3 is 2.94 bits per heavy atom. The van der Waals surface area contributed by atoms with Crippen molar-refractivity contribution in [2.45, 2.75) is 57.6 Å². The Hall–Kier alpha value is -1.43. The number of carbonyl (C=O) groups excluding carboxylic acids is 1. The maximum Gasteiger partial charge on any atom is 0.227 e. The highest BCUT2D eigenvalue weighted by Gasteiger charge is 2.24. The zero-order valence-corrected chi connectivity index (χ0v) is 10.6. The zero-order valence-electron chi connectivity index (χ0n) is 10.6. The SMILES string of the molecule is Cc1noc(CCC(=O)N[C@H]2CCCC[C@@H]2O)n1. The van der Waals surface area contributed by atoms with E-state index in [0.29, 0.717) is 24.6 Å². The van der Waals surface area contributed by atoms with Crippen LogP contribution >= 0.6 is 0 Å². The first-order valence-electron chi connectivity index (χ1n) is 6.42. The standard InChI is InChI=1S/C12H19N3O3/c1-8-13-12(18-15-8)7-6-11(17)14-9-4-2-3-5-10(9)16/h9-10,16H,2-7H2,1H3,(H,14,17)/t9-,10-/m0/s1. The lowest BCUT2D eigenvalue weighted by Gasteiger charge is -2.28. The summed E-state index contributed by atoms with van der Waals surface area (Å²) in [4.78, 5) is 15.8. The van der Waals surface area contributed by atoms with Gasteiger partial charge in [0.1, 0.15) is 0 Å². The van der Waals surface area contributed by atoms with Gasteiger partial charge in [-0.15, -0.1) is 0 Å². The van der Waals surface area contributed by atoms with Crippen LogP contribution in [0.25, 0.3) is 0 Å². The first-order valence-corrected chi connectivity index (χ1v) is 6.42. The van der Waals surface area contributed by atoms with Crippen LogP contribution in [-0.4, -0.2) is 33.3 Å². The van der Waals surface area contributed by atoms with Crippen molar-refractivity contribution in [2.24, 2.45) is 0 Å². The Kier molecular flexibility index (Phi) is 4.30. The maximum atomic E-state index is 11.7. The Morgan fingerprint density at radius 1 is 1.50 bits per heavy atom. The van der Waals surface area contributed by atoms with Gasteiger partial charge in [0.05, 0.1) is 12.1 Å². The third kappa shape index (κ3) is 3.53. The van der Waals surface area contributed by atoms with Crippen LogP contribution in [-0.2, 0) is 11.2 Å². The van der Waals surface area contributed by atoms with Crippen molar-refractivity contribution >= 4 is 5.91 Å². The number of rotatable bonds is 4. The first-order chi connectivity index (χ1) is 8.65. The molecule has 100 valence electrons. The fraction of sp³-hybridized carbons (Fsp3) is 0.750. The van der Waals surface area contributed by atoms with Gasteiger partial charge in [0.15, 0.2) is 5.82 Å². The third-order valence-electron chi connectivity index (χ3n) is 3.21. The smallest absolute Gasteiger partial charge is 0.227 e. The predicted molar refractivity (Wildman–Crippen MR) is 63.8 cm³/mol. The molecule has 2 N–H and O–H groups in total. The predicted octanol–water partition coefficient (Wildman–Crippen LogP) is 0.730. The second-order valence-corrected chi connectivity index (χ2v) is 4.76. The summed E-state index contributed by atoms with van der Waals surface area (Å²) in [5.74, 6) is 0.983. The highest BCUT2D eigenvalue weighted by Crippen LogP contribution is 2.18. The highest BCUT2D eigenvalue weighted by atomic mass is 16.5. The number of aryl methyl sites for hydroxylation is 2. The van der Waals surface area contributed by atoms with Crippen molar-refractivity contribution in [1.82, 2.24) is 15.5 Å². The van der Waals surface area contributed by atoms with E-state index in [4.69, 9.17) is 4.52 Å². The second-order valence-electron chi connectivity index (χ2n) is 4.76. The van der Waals surface area contributed by atoms with E-state index < -0.39 is 6.10 Å². The molecule has 1 aliphatic carbocycles. The van der Waals surface area contributed by atoms with Crippen molar-refractivity contribution in [3.8, 4) is 0 Å². The number of aromatic nitrogens is 2. The average molecular weight is 253 g/mol. The van der Waals surface area contributed by atoms with Gasteiger partial charge >= 0.3 is 0 Å². The van der Waals surface area contributed by atoms with Gasteiger partial charge in [0.2, 0.25) is 11.8 Å². The van der Waals surface area contributed by atoms with E-state index in [0.717, 1.165) is 25.7 Å². The van der Waals surface area contributed by atoms with Crippen LogP contribution in [0.1, 0.15) is 43.8 Å². The molecule has 1 aliphatic rings. The lowest BCUT2D eigenvalue weighted by Crippen LogP contribution is -2.45. The molecule has 0 bridgehead atoms. The van der Waals surface area contributed by atoms with Crippen molar-refractivity contribution in [1.29, 1.82) is 0 Å². The average Bonchev–Trinajstić information content (AvgIpc) is 2.76. The molecule has 1 amide bonds. The van der Waals surface area contributed by atoms with Gasteiger partial charge in [-0.1, -0.05) is 18.0 Å². The number of nitrogens with zero attached hydrogens (tertiary/aromatic N) is 2. The monoisotopic (exact) mass is 253 g/mol. The summed E-state index contributed by atoms with van der Waals surface area (Å²) in [6.45, 7) is 1.74. The Balaban J connectivity index is 1.74. The minimum Gasteiger partial charge on any atom is -0.391 e. The van der Waals surface area contributed by atoms with Crippen LogP contribution < -0.4 is 5.32 Å². The molecule has 6 heteroatoms. The molecule has 0 unspecified atom stereocenters. The summed E-state index contributed by atoms with van der Waals surface area (Å²) in [6.07, 6.45) is 4.06. The van der Waals surface area contributed by atoms with Gasteiger partial charge in [0.25, 0.3) is 0 Å².